The molecule has 1 aliphatic heterocycles. The second-order valence-electron chi connectivity index (χ2n) is 6.38. The summed E-state index contributed by atoms with van der Waals surface area (Å²) >= 11 is 0. The quantitative estimate of drug-likeness (QED) is 0.866. The Labute approximate surface area is 155 Å². The lowest BCUT2D eigenvalue weighted by Gasteiger charge is -2.33. The van der Waals surface area contributed by atoms with E-state index in [1.165, 1.54) is 0 Å². The van der Waals surface area contributed by atoms with Gasteiger partial charge in [-0.2, -0.15) is 0 Å². The van der Waals surface area contributed by atoms with E-state index in [0.717, 1.165) is 11.3 Å². The molecule has 2 aromatic rings. The number of nitrogens with zero attached hydrogens (tertiary/aromatic N) is 1. The molecule has 0 saturated heterocycles. The molecule has 0 spiro atoms. The van der Waals surface area contributed by atoms with Crippen molar-refractivity contribution in [2.24, 2.45) is 0 Å². The van der Waals surface area contributed by atoms with Gasteiger partial charge in [0.2, 0.25) is 5.91 Å². The summed E-state index contributed by atoms with van der Waals surface area (Å²) in [5.41, 5.74) is 3.50. The first-order valence-corrected chi connectivity index (χ1v) is 9.96. The maximum absolute atomic E-state index is 12.6. The molecule has 2 amide bonds. The van der Waals surface area contributed by atoms with Gasteiger partial charge in [-0.1, -0.05) is 12.1 Å². The van der Waals surface area contributed by atoms with Gasteiger partial charge in [-0.3, -0.25) is 13.8 Å². The molecular formula is C19H21N3O3S. The van der Waals surface area contributed by atoms with E-state index in [2.05, 4.69) is 10.6 Å². The molecular weight excluding hydrogens is 350 g/mol. The van der Waals surface area contributed by atoms with Crippen molar-refractivity contribution >= 4 is 39.7 Å². The Bertz CT molecular complexity index is 897. The number of nitrogens with one attached hydrogen (secondary N) is 2. The summed E-state index contributed by atoms with van der Waals surface area (Å²) in [7, 11) is 0.910. The zero-order chi connectivity index (χ0) is 18.8. The third-order valence-corrected chi connectivity index (χ3v) is 5.15. The van der Waals surface area contributed by atoms with Gasteiger partial charge < -0.3 is 15.5 Å². The minimum Gasteiger partial charge on any atom is -0.361 e. The van der Waals surface area contributed by atoms with Crippen LogP contribution in [0.15, 0.2) is 42.5 Å². The largest absolute Gasteiger partial charge is 0.361 e. The normalized spacial score (nSPS) is 17.3. The molecule has 6 nitrogen and oxygen atoms in total. The van der Waals surface area contributed by atoms with Gasteiger partial charge in [-0.05, 0) is 42.8 Å². The van der Waals surface area contributed by atoms with Gasteiger partial charge in [-0.15, -0.1) is 0 Å². The van der Waals surface area contributed by atoms with Crippen LogP contribution in [-0.2, 0) is 21.3 Å². The molecule has 26 heavy (non-hydrogen) atoms. The fourth-order valence-electron chi connectivity index (χ4n) is 2.88. The van der Waals surface area contributed by atoms with Crippen LogP contribution >= 0.6 is 0 Å². The van der Waals surface area contributed by atoms with Crippen LogP contribution in [0.2, 0.25) is 0 Å². The molecule has 2 aromatic carbocycles. The maximum atomic E-state index is 12.6. The lowest BCUT2D eigenvalue weighted by molar-refractivity contribution is -0.117. The van der Waals surface area contributed by atoms with Crippen LogP contribution in [0.25, 0.3) is 0 Å². The first-order chi connectivity index (χ1) is 12.3. The SMILES string of the molecule is CC1C(=O)Nc2cc(C(=O)Nc3cccc(CS(C)=O)c3)ccc2N1C. The fraction of sp³-hybridized carbons (Fsp3) is 0.263. The van der Waals surface area contributed by atoms with E-state index in [0.29, 0.717) is 22.7 Å². The molecule has 0 aromatic heterocycles. The van der Waals surface area contributed by atoms with Crippen molar-refractivity contribution in [2.45, 2.75) is 18.7 Å². The van der Waals surface area contributed by atoms with Crippen molar-refractivity contribution in [3.05, 3.63) is 53.6 Å². The molecule has 0 fully saturated rings. The van der Waals surface area contributed by atoms with E-state index in [-0.39, 0.29) is 17.9 Å². The molecule has 7 heteroatoms. The number of amides is 2. The molecule has 2 unspecified atom stereocenters. The number of likely N-dealkylation sites (N-methyl/N-ethyl adjacent to an activating group) is 1. The van der Waals surface area contributed by atoms with Crippen LogP contribution in [0.5, 0.6) is 0 Å². The van der Waals surface area contributed by atoms with Gasteiger partial charge >= 0.3 is 0 Å². The molecule has 1 heterocycles. The van der Waals surface area contributed by atoms with Crippen molar-refractivity contribution in [1.29, 1.82) is 0 Å². The summed E-state index contributed by atoms with van der Waals surface area (Å²) in [5, 5.41) is 5.68. The highest BCUT2D eigenvalue weighted by Crippen LogP contribution is 2.31. The molecule has 2 atom stereocenters. The van der Waals surface area contributed by atoms with Crippen LogP contribution in [0, 0.1) is 0 Å². The third kappa shape index (κ3) is 3.77. The van der Waals surface area contributed by atoms with Crippen molar-refractivity contribution in [1.82, 2.24) is 0 Å². The molecule has 0 radical (unpaired) electrons. The van der Waals surface area contributed by atoms with E-state index in [9.17, 15) is 13.8 Å². The molecule has 0 bridgehead atoms. The average molecular weight is 371 g/mol. The zero-order valence-corrected chi connectivity index (χ0v) is 15.7. The number of fused-ring (bicyclic) bond motifs is 1. The van der Waals surface area contributed by atoms with Gasteiger partial charge in [0.05, 0.1) is 11.4 Å². The number of hydrogen-bond acceptors (Lipinski definition) is 4. The van der Waals surface area contributed by atoms with Crippen molar-refractivity contribution in [2.75, 3.05) is 28.8 Å². The standard InChI is InChI=1S/C19H21N3O3S/c1-12-18(23)21-16-10-14(7-8-17(16)22(12)2)19(24)20-15-6-4-5-13(9-15)11-26(3)25/h4-10,12H,11H2,1-3H3,(H,20,24)(H,21,23). The Morgan fingerprint density at radius 1 is 1.27 bits per heavy atom. The van der Waals surface area contributed by atoms with Gasteiger partial charge in [0, 0.05) is 41.1 Å². The van der Waals surface area contributed by atoms with Crippen molar-refractivity contribution in [3.8, 4) is 0 Å². The predicted octanol–water partition coefficient (Wildman–Crippen LogP) is 2.59. The smallest absolute Gasteiger partial charge is 0.255 e. The second-order valence-corrected chi connectivity index (χ2v) is 7.82. The Morgan fingerprint density at radius 3 is 2.77 bits per heavy atom. The van der Waals surface area contributed by atoms with Gasteiger partial charge in [0.25, 0.3) is 5.91 Å². The highest BCUT2D eigenvalue weighted by molar-refractivity contribution is 7.83. The summed E-state index contributed by atoms with van der Waals surface area (Å²) in [4.78, 5) is 26.4. The lowest BCUT2D eigenvalue weighted by atomic mass is 10.1. The Hall–Kier alpha value is -2.67. The van der Waals surface area contributed by atoms with E-state index in [1.807, 2.05) is 43.1 Å². The monoisotopic (exact) mass is 371 g/mol. The van der Waals surface area contributed by atoms with Crippen LogP contribution in [0.1, 0.15) is 22.8 Å². The number of hydrogen-bond donors (Lipinski definition) is 2. The topological polar surface area (TPSA) is 78.5 Å². The summed E-state index contributed by atoms with van der Waals surface area (Å²) in [6.07, 6.45) is 1.64. The summed E-state index contributed by atoms with van der Waals surface area (Å²) in [6.45, 7) is 1.83. The maximum Gasteiger partial charge on any atom is 0.255 e. The zero-order valence-electron chi connectivity index (χ0n) is 14.9. The van der Waals surface area contributed by atoms with E-state index in [4.69, 9.17) is 0 Å². The van der Waals surface area contributed by atoms with Crippen LogP contribution in [0.3, 0.4) is 0 Å². The second kappa shape index (κ2) is 7.29. The minimum absolute atomic E-state index is 0.0992. The van der Waals surface area contributed by atoms with Crippen LogP contribution in [-0.4, -0.2) is 35.4 Å². The molecule has 3 rings (SSSR count). The number of benzene rings is 2. The highest BCUT2D eigenvalue weighted by atomic mass is 32.2. The summed E-state index contributed by atoms with van der Waals surface area (Å²) in [5.74, 6) is 0.0787. The average Bonchev–Trinajstić information content (AvgIpc) is 2.59. The Kier molecular flexibility index (Phi) is 5.08. The summed E-state index contributed by atoms with van der Waals surface area (Å²) < 4.78 is 11.4. The van der Waals surface area contributed by atoms with Crippen molar-refractivity contribution in [3.63, 3.8) is 0 Å². The van der Waals surface area contributed by atoms with Crippen LogP contribution < -0.4 is 15.5 Å². The van der Waals surface area contributed by atoms with E-state index >= 15 is 0 Å². The molecule has 136 valence electrons. The van der Waals surface area contributed by atoms with E-state index < -0.39 is 10.8 Å². The number of carbonyl (C=O) groups excluding carboxylic acids is 2. The fourth-order valence-corrected chi connectivity index (χ4v) is 3.53. The molecule has 0 aliphatic carbocycles. The molecule has 2 N–H and O–H groups in total. The Morgan fingerprint density at radius 2 is 2.04 bits per heavy atom. The van der Waals surface area contributed by atoms with Gasteiger partial charge in [0.15, 0.2) is 0 Å². The van der Waals surface area contributed by atoms with E-state index in [1.54, 1.807) is 24.5 Å². The van der Waals surface area contributed by atoms with Gasteiger partial charge in [-0.25, -0.2) is 0 Å². The third-order valence-electron chi connectivity index (χ3n) is 4.41. The minimum atomic E-state index is -0.943. The molecule has 0 saturated carbocycles. The predicted molar refractivity (Wildman–Crippen MR) is 105 cm³/mol. The first kappa shape index (κ1) is 18.1. The highest BCUT2D eigenvalue weighted by Gasteiger charge is 2.27. The number of carbonyl (C=O) groups is 2. The lowest BCUT2D eigenvalue weighted by Crippen LogP contribution is -2.43. The molecule has 1 aliphatic rings. The van der Waals surface area contributed by atoms with Crippen LogP contribution in [0.4, 0.5) is 17.1 Å². The number of rotatable bonds is 4. The number of anilines is 3. The first-order valence-electron chi connectivity index (χ1n) is 8.23. The Balaban J connectivity index is 1.80. The summed E-state index contributed by atoms with van der Waals surface area (Å²) in [6, 6.07) is 12.3. The van der Waals surface area contributed by atoms with Gasteiger partial charge in [0.1, 0.15) is 6.04 Å². The van der Waals surface area contributed by atoms with Crippen molar-refractivity contribution < 1.29 is 13.8 Å².